The number of rotatable bonds is 6. The topological polar surface area (TPSA) is 84.3 Å². The molecule has 0 unspecified atom stereocenters. The van der Waals surface area contributed by atoms with E-state index < -0.39 is 5.54 Å². The van der Waals surface area contributed by atoms with Crippen molar-refractivity contribution in [1.82, 2.24) is 14.1 Å². The molecule has 2 heterocycles. The van der Waals surface area contributed by atoms with Gasteiger partial charge in [-0.25, -0.2) is 4.98 Å². The molecule has 7 nitrogen and oxygen atoms in total. The van der Waals surface area contributed by atoms with E-state index in [4.69, 9.17) is 26.8 Å². The molecule has 0 amide bonds. The summed E-state index contributed by atoms with van der Waals surface area (Å²) >= 11 is 6.85. The molecule has 2 aromatic carbocycles. The van der Waals surface area contributed by atoms with E-state index in [1.807, 2.05) is 60.3 Å². The fraction of sp³-hybridized carbons (Fsp3) is 0.250. The largest absolute Gasteiger partial charge is 0.497 e. The molecule has 0 spiro atoms. The molecule has 0 radical (unpaired) electrons. The maximum Gasteiger partial charge on any atom is 0.326 e. The fourth-order valence-corrected chi connectivity index (χ4v) is 4.09. The number of aryl methyl sites for hydroxylation is 1. The van der Waals surface area contributed by atoms with E-state index in [0.29, 0.717) is 17.9 Å². The number of aromatic nitrogens is 3. The predicted octanol–water partition coefficient (Wildman–Crippen LogP) is 4.23. The number of imidazole rings is 1. The lowest BCUT2D eigenvalue weighted by molar-refractivity contribution is -0.147. The zero-order chi connectivity index (χ0) is 22.5. The minimum absolute atomic E-state index is 0.190. The smallest absolute Gasteiger partial charge is 0.326 e. The van der Waals surface area contributed by atoms with E-state index in [-0.39, 0.29) is 12.6 Å². The number of nitrogens with two attached hydrogens (primary N) is 1. The number of carbonyl (C=O) groups excluding carboxylic acids is 1. The minimum atomic E-state index is -0.778. The maximum absolute atomic E-state index is 12.0. The first kappa shape index (κ1) is 20.6. The van der Waals surface area contributed by atoms with Crippen LogP contribution in [-0.2, 0) is 23.2 Å². The third kappa shape index (κ3) is 3.53. The summed E-state index contributed by atoms with van der Waals surface area (Å²) in [5.74, 6) is 0.394. The predicted molar refractivity (Wildman–Crippen MR) is 123 cm³/mol. The van der Waals surface area contributed by atoms with Crippen LogP contribution in [0.1, 0.15) is 18.4 Å². The molecule has 0 aliphatic heterocycles. The van der Waals surface area contributed by atoms with Crippen LogP contribution in [0.4, 0.5) is 0 Å². The molecule has 0 bridgehead atoms. The summed E-state index contributed by atoms with van der Waals surface area (Å²) < 4.78 is 14.7. The number of halogens is 1. The molecule has 1 saturated carbocycles. The van der Waals surface area contributed by atoms with E-state index in [1.54, 1.807) is 13.4 Å². The van der Waals surface area contributed by atoms with Gasteiger partial charge in [0.2, 0.25) is 0 Å². The first-order chi connectivity index (χ1) is 15.4. The van der Waals surface area contributed by atoms with Crippen molar-refractivity contribution in [2.45, 2.75) is 25.0 Å². The van der Waals surface area contributed by atoms with E-state index >= 15 is 0 Å². The van der Waals surface area contributed by atoms with Crippen molar-refractivity contribution in [2.24, 2.45) is 12.8 Å². The fourth-order valence-electron chi connectivity index (χ4n) is 3.76. The Bertz CT molecular complexity index is 1320. The summed E-state index contributed by atoms with van der Waals surface area (Å²) in [6.45, 7) is 0.190. The zero-order valence-corrected chi connectivity index (χ0v) is 18.6. The second-order valence-electron chi connectivity index (χ2n) is 8.20. The lowest BCUT2D eigenvalue weighted by atomic mass is 10.2. The Balaban J connectivity index is 1.54. The van der Waals surface area contributed by atoms with E-state index in [9.17, 15) is 4.79 Å². The highest BCUT2D eigenvalue weighted by molar-refractivity contribution is 6.38. The number of methoxy groups -OCH3 is 1. The van der Waals surface area contributed by atoms with Crippen molar-refractivity contribution in [2.75, 3.05) is 7.11 Å². The lowest BCUT2D eigenvalue weighted by Gasteiger charge is -2.12. The average Bonchev–Trinajstić information content (AvgIpc) is 3.31. The molecule has 4 aromatic rings. The number of benzene rings is 2. The molecule has 164 valence electrons. The Morgan fingerprint density at radius 2 is 1.97 bits per heavy atom. The Labute approximate surface area is 190 Å². The van der Waals surface area contributed by atoms with Gasteiger partial charge in [-0.2, -0.15) is 0 Å². The molecule has 2 aromatic heterocycles. The number of ether oxygens (including phenoxy) is 2. The number of hydrogen-bond acceptors (Lipinski definition) is 5. The van der Waals surface area contributed by atoms with Gasteiger partial charge < -0.3 is 24.3 Å². The van der Waals surface area contributed by atoms with E-state index in [2.05, 4.69) is 9.55 Å². The second kappa shape index (κ2) is 7.69. The SMILES string of the molecule is COc1ccc2c(c1)c(Cl)c(-c1cn(C)cn1)n2-c1ccc(COC(=O)C2(N)CC2)cc1. The second-order valence-corrected chi connectivity index (χ2v) is 8.58. The highest BCUT2D eigenvalue weighted by Crippen LogP contribution is 2.40. The minimum Gasteiger partial charge on any atom is -0.497 e. The van der Waals surface area contributed by atoms with Crippen molar-refractivity contribution in [3.8, 4) is 22.8 Å². The van der Waals surface area contributed by atoms with Crippen LogP contribution in [0.25, 0.3) is 28.0 Å². The maximum atomic E-state index is 12.0. The normalized spacial score (nSPS) is 14.5. The third-order valence-corrected chi connectivity index (χ3v) is 6.20. The number of carbonyl (C=O) groups is 1. The average molecular weight is 451 g/mol. The standard InChI is InChI=1S/C24H23ClN4O3/c1-28-12-19(27-14-28)22-21(25)18-11-17(31-2)7-8-20(18)29(22)16-5-3-15(4-6-16)13-32-23(30)24(26)9-10-24/h3-8,11-12,14H,9-10,13,26H2,1-2H3. The Morgan fingerprint density at radius 3 is 2.59 bits per heavy atom. The van der Waals surface area contributed by atoms with Gasteiger partial charge in [0.15, 0.2) is 0 Å². The summed E-state index contributed by atoms with van der Waals surface area (Å²) in [7, 11) is 3.55. The molecule has 32 heavy (non-hydrogen) atoms. The lowest BCUT2D eigenvalue weighted by Crippen LogP contribution is -2.34. The van der Waals surface area contributed by atoms with Crippen LogP contribution in [-0.4, -0.2) is 32.7 Å². The summed E-state index contributed by atoms with van der Waals surface area (Å²) in [6.07, 6.45) is 5.05. The number of fused-ring (bicyclic) bond motifs is 1. The molecular weight excluding hydrogens is 428 g/mol. The molecular formula is C24H23ClN4O3. The van der Waals surface area contributed by atoms with Crippen molar-refractivity contribution >= 4 is 28.5 Å². The Kier molecular flexibility index (Phi) is 4.95. The Hall–Kier alpha value is -3.29. The summed E-state index contributed by atoms with van der Waals surface area (Å²) in [6, 6.07) is 13.6. The van der Waals surface area contributed by atoms with Gasteiger partial charge in [-0.1, -0.05) is 23.7 Å². The van der Waals surface area contributed by atoms with Crippen LogP contribution in [0.2, 0.25) is 5.02 Å². The molecule has 8 heteroatoms. The first-order valence-electron chi connectivity index (χ1n) is 10.3. The Morgan fingerprint density at radius 1 is 1.22 bits per heavy atom. The van der Waals surface area contributed by atoms with Gasteiger partial charge in [0, 0.05) is 24.3 Å². The highest BCUT2D eigenvalue weighted by atomic mass is 35.5. The van der Waals surface area contributed by atoms with Crippen LogP contribution >= 0.6 is 11.6 Å². The number of esters is 1. The molecule has 2 N–H and O–H groups in total. The molecule has 1 aliphatic carbocycles. The summed E-state index contributed by atoms with van der Waals surface area (Å²) in [4.78, 5) is 16.5. The molecule has 1 aliphatic rings. The van der Waals surface area contributed by atoms with Gasteiger partial charge in [0.25, 0.3) is 0 Å². The first-order valence-corrected chi connectivity index (χ1v) is 10.7. The van der Waals surface area contributed by atoms with E-state index in [1.165, 1.54) is 0 Å². The zero-order valence-electron chi connectivity index (χ0n) is 17.8. The van der Waals surface area contributed by atoms with Crippen LogP contribution in [0.3, 0.4) is 0 Å². The van der Waals surface area contributed by atoms with Gasteiger partial charge in [0.05, 0.1) is 29.7 Å². The summed E-state index contributed by atoms with van der Waals surface area (Å²) in [5.41, 5.74) is 9.43. The highest BCUT2D eigenvalue weighted by Gasteiger charge is 2.47. The molecule has 0 atom stereocenters. The van der Waals surface area contributed by atoms with Gasteiger partial charge >= 0.3 is 5.97 Å². The van der Waals surface area contributed by atoms with Crippen LogP contribution in [0, 0.1) is 0 Å². The van der Waals surface area contributed by atoms with Gasteiger partial charge in [-0.05, 0) is 48.7 Å². The number of nitrogens with zero attached hydrogens (tertiary/aromatic N) is 3. The monoisotopic (exact) mass is 450 g/mol. The van der Waals surface area contributed by atoms with Crippen molar-refractivity contribution in [1.29, 1.82) is 0 Å². The quantitative estimate of drug-likeness (QED) is 0.444. The van der Waals surface area contributed by atoms with Gasteiger partial charge in [0.1, 0.15) is 23.6 Å². The molecule has 0 saturated heterocycles. The van der Waals surface area contributed by atoms with Crippen LogP contribution < -0.4 is 10.5 Å². The molecule has 5 rings (SSSR count). The third-order valence-electron chi connectivity index (χ3n) is 5.82. The van der Waals surface area contributed by atoms with Gasteiger partial charge in [-0.3, -0.25) is 4.79 Å². The number of hydrogen-bond donors (Lipinski definition) is 1. The van der Waals surface area contributed by atoms with Crippen molar-refractivity contribution < 1.29 is 14.3 Å². The van der Waals surface area contributed by atoms with Crippen LogP contribution in [0.15, 0.2) is 55.0 Å². The van der Waals surface area contributed by atoms with E-state index in [0.717, 1.165) is 39.3 Å². The molecule has 1 fully saturated rings. The van der Waals surface area contributed by atoms with Gasteiger partial charge in [-0.15, -0.1) is 0 Å². The van der Waals surface area contributed by atoms with Crippen molar-refractivity contribution in [3.63, 3.8) is 0 Å². The van der Waals surface area contributed by atoms with Crippen LogP contribution in [0.5, 0.6) is 5.75 Å². The summed E-state index contributed by atoms with van der Waals surface area (Å²) in [5, 5.41) is 1.48. The van der Waals surface area contributed by atoms with Crippen molar-refractivity contribution in [3.05, 3.63) is 65.6 Å².